The van der Waals surface area contributed by atoms with E-state index in [0.717, 1.165) is 25.7 Å². The molecule has 0 aromatic heterocycles. The fraction of sp³-hybridized carbons (Fsp3) is 0.692. The van der Waals surface area contributed by atoms with E-state index >= 15 is 0 Å². The summed E-state index contributed by atoms with van der Waals surface area (Å²) in [4.78, 5) is 0. The maximum atomic E-state index is 9.70. The van der Waals surface area contributed by atoms with Gasteiger partial charge in [-0.15, -0.1) is 0 Å². The first-order chi connectivity index (χ1) is 6.59. The van der Waals surface area contributed by atoms with Crippen LogP contribution in [0.4, 0.5) is 0 Å². The molecule has 1 N–H and O–H groups in total. The molecule has 0 amide bonds. The molecule has 0 spiro atoms. The summed E-state index contributed by atoms with van der Waals surface area (Å²) >= 11 is 0. The lowest BCUT2D eigenvalue weighted by Gasteiger charge is -2.24. The molecule has 2 unspecified atom stereocenters. The maximum Gasteiger partial charge on any atom is 0.0605 e. The van der Waals surface area contributed by atoms with E-state index in [-0.39, 0.29) is 6.10 Å². The first-order valence-corrected chi connectivity index (χ1v) is 5.59. The summed E-state index contributed by atoms with van der Waals surface area (Å²) in [5.74, 6) is 0.446. The van der Waals surface area contributed by atoms with Crippen LogP contribution in [0.25, 0.3) is 0 Å². The van der Waals surface area contributed by atoms with Crippen LogP contribution in [0.1, 0.15) is 46.5 Å². The van der Waals surface area contributed by atoms with Crippen molar-refractivity contribution in [3.63, 3.8) is 0 Å². The summed E-state index contributed by atoms with van der Waals surface area (Å²) in [7, 11) is 0. The van der Waals surface area contributed by atoms with Gasteiger partial charge in [-0.3, -0.25) is 0 Å². The van der Waals surface area contributed by atoms with Crippen molar-refractivity contribution < 1.29 is 5.11 Å². The fourth-order valence-electron chi connectivity index (χ4n) is 1.81. The zero-order chi connectivity index (χ0) is 10.6. The Morgan fingerprint density at radius 2 is 2.29 bits per heavy atom. The van der Waals surface area contributed by atoms with Gasteiger partial charge in [0.05, 0.1) is 6.10 Å². The van der Waals surface area contributed by atoms with Crippen molar-refractivity contribution in [1.82, 2.24) is 0 Å². The summed E-state index contributed by atoms with van der Waals surface area (Å²) in [6.45, 7) is 6.38. The molecular weight excluding hydrogens is 172 g/mol. The standard InChI is InChI=1S/C13H22O/c1-10(2)5-4-6-12-8-7-11(3)13(14)9-12/h5,8,11,13-14H,4,6-7,9H2,1-3H3. The smallest absolute Gasteiger partial charge is 0.0605 e. The van der Waals surface area contributed by atoms with Gasteiger partial charge in [0.1, 0.15) is 0 Å². The molecule has 0 radical (unpaired) electrons. The van der Waals surface area contributed by atoms with Crippen molar-refractivity contribution >= 4 is 0 Å². The van der Waals surface area contributed by atoms with Crippen LogP contribution in [0.2, 0.25) is 0 Å². The minimum atomic E-state index is -0.110. The molecule has 2 atom stereocenters. The second-order valence-electron chi connectivity index (χ2n) is 4.67. The molecule has 0 saturated heterocycles. The molecule has 80 valence electrons. The van der Waals surface area contributed by atoms with Crippen LogP contribution < -0.4 is 0 Å². The van der Waals surface area contributed by atoms with Gasteiger partial charge in [-0.05, 0) is 45.4 Å². The van der Waals surface area contributed by atoms with Crippen LogP contribution in [-0.4, -0.2) is 11.2 Å². The first-order valence-electron chi connectivity index (χ1n) is 5.59. The first kappa shape index (κ1) is 11.5. The highest BCUT2D eigenvalue weighted by atomic mass is 16.3. The molecule has 1 aliphatic carbocycles. The molecule has 1 heteroatoms. The Morgan fingerprint density at radius 3 is 2.86 bits per heavy atom. The van der Waals surface area contributed by atoms with Crippen LogP contribution in [0, 0.1) is 5.92 Å². The molecule has 1 rings (SSSR count). The number of hydrogen-bond donors (Lipinski definition) is 1. The third kappa shape index (κ3) is 3.67. The zero-order valence-corrected chi connectivity index (χ0v) is 9.59. The number of aliphatic hydroxyl groups is 1. The van der Waals surface area contributed by atoms with Crippen molar-refractivity contribution in [3.05, 3.63) is 23.3 Å². The summed E-state index contributed by atoms with van der Waals surface area (Å²) in [6.07, 6.45) is 8.65. The average Bonchev–Trinajstić information content (AvgIpc) is 2.10. The van der Waals surface area contributed by atoms with Crippen molar-refractivity contribution in [2.45, 2.75) is 52.6 Å². The number of aliphatic hydroxyl groups excluding tert-OH is 1. The molecule has 0 aromatic carbocycles. The second kappa shape index (κ2) is 5.35. The molecule has 14 heavy (non-hydrogen) atoms. The Kier molecular flexibility index (Phi) is 4.40. The molecule has 1 nitrogen and oxygen atoms in total. The van der Waals surface area contributed by atoms with Crippen molar-refractivity contribution in [3.8, 4) is 0 Å². The topological polar surface area (TPSA) is 20.2 Å². The third-order valence-electron chi connectivity index (χ3n) is 2.92. The van der Waals surface area contributed by atoms with E-state index < -0.39 is 0 Å². The molecule has 0 fully saturated rings. The Bertz CT molecular complexity index is 234. The molecule has 0 heterocycles. The molecule has 0 saturated carbocycles. The van der Waals surface area contributed by atoms with E-state index in [1.54, 1.807) is 0 Å². The Balaban J connectivity index is 2.36. The average molecular weight is 194 g/mol. The predicted octanol–water partition coefficient (Wildman–Crippen LogP) is 3.45. The lowest BCUT2D eigenvalue weighted by Crippen LogP contribution is -2.21. The highest BCUT2D eigenvalue weighted by Crippen LogP contribution is 2.26. The van der Waals surface area contributed by atoms with Gasteiger partial charge in [-0.1, -0.05) is 30.2 Å². The second-order valence-corrected chi connectivity index (χ2v) is 4.67. The van der Waals surface area contributed by atoms with E-state index in [2.05, 4.69) is 32.9 Å². The van der Waals surface area contributed by atoms with Crippen LogP contribution in [0.15, 0.2) is 23.3 Å². The quantitative estimate of drug-likeness (QED) is 0.682. The van der Waals surface area contributed by atoms with Crippen LogP contribution >= 0.6 is 0 Å². The lowest BCUT2D eigenvalue weighted by molar-refractivity contribution is 0.111. The Hall–Kier alpha value is -0.560. The summed E-state index contributed by atoms with van der Waals surface area (Å²) in [6, 6.07) is 0. The molecule has 1 aliphatic rings. The minimum Gasteiger partial charge on any atom is -0.393 e. The van der Waals surface area contributed by atoms with Gasteiger partial charge in [0, 0.05) is 0 Å². The summed E-state index contributed by atoms with van der Waals surface area (Å²) in [5.41, 5.74) is 2.82. The van der Waals surface area contributed by atoms with Crippen molar-refractivity contribution in [2.75, 3.05) is 0 Å². The van der Waals surface area contributed by atoms with Gasteiger partial charge in [0.15, 0.2) is 0 Å². The summed E-state index contributed by atoms with van der Waals surface area (Å²) in [5, 5.41) is 9.70. The molecule has 0 aliphatic heterocycles. The van der Waals surface area contributed by atoms with Crippen molar-refractivity contribution in [2.24, 2.45) is 5.92 Å². The van der Waals surface area contributed by atoms with Crippen LogP contribution in [0.3, 0.4) is 0 Å². The lowest BCUT2D eigenvalue weighted by atomic mass is 9.86. The number of allylic oxidation sites excluding steroid dienone is 3. The van der Waals surface area contributed by atoms with E-state index in [1.165, 1.54) is 11.1 Å². The maximum absolute atomic E-state index is 9.70. The number of rotatable bonds is 3. The van der Waals surface area contributed by atoms with Crippen LogP contribution in [-0.2, 0) is 0 Å². The highest BCUT2D eigenvalue weighted by Gasteiger charge is 2.19. The van der Waals surface area contributed by atoms with Gasteiger partial charge < -0.3 is 5.11 Å². The summed E-state index contributed by atoms with van der Waals surface area (Å²) < 4.78 is 0. The van der Waals surface area contributed by atoms with E-state index in [9.17, 15) is 5.11 Å². The Morgan fingerprint density at radius 1 is 1.57 bits per heavy atom. The van der Waals surface area contributed by atoms with Gasteiger partial charge in [0.25, 0.3) is 0 Å². The zero-order valence-electron chi connectivity index (χ0n) is 9.59. The fourth-order valence-corrected chi connectivity index (χ4v) is 1.81. The number of hydrogen-bond acceptors (Lipinski definition) is 1. The van der Waals surface area contributed by atoms with Crippen molar-refractivity contribution in [1.29, 1.82) is 0 Å². The largest absolute Gasteiger partial charge is 0.393 e. The van der Waals surface area contributed by atoms with Gasteiger partial charge >= 0.3 is 0 Å². The SMILES string of the molecule is CC(C)=CCCC1=CCC(C)C(O)C1. The van der Waals surface area contributed by atoms with E-state index in [4.69, 9.17) is 0 Å². The van der Waals surface area contributed by atoms with Gasteiger partial charge in [-0.25, -0.2) is 0 Å². The molecular formula is C13H22O. The molecule has 0 bridgehead atoms. The highest BCUT2D eigenvalue weighted by molar-refractivity contribution is 5.10. The van der Waals surface area contributed by atoms with Crippen LogP contribution in [0.5, 0.6) is 0 Å². The monoisotopic (exact) mass is 194 g/mol. The van der Waals surface area contributed by atoms with Gasteiger partial charge in [0.2, 0.25) is 0 Å². The predicted molar refractivity (Wildman–Crippen MR) is 61.2 cm³/mol. The van der Waals surface area contributed by atoms with E-state index in [0.29, 0.717) is 5.92 Å². The van der Waals surface area contributed by atoms with Gasteiger partial charge in [-0.2, -0.15) is 0 Å². The normalized spacial score (nSPS) is 27.0. The Labute approximate surface area is 87.5 Å². The third-order valence-corrected chi connectivity index (χ3v) is 2.92. The molecule has 0 aromatic rings. The minimum absolute atomic E-state index is 0.110. The van der Waals surface area contributed by atoms with E-state index in [1.807, 2.05) is 0 Å².